The molecule has 7 nitrogen and oxygen atoms in total. The van der Waals surface area contributed by atoms with E-state index in [0.717, 1.165) is 6.07 Å². The Morgan fingerprint density at radius 1 is 1.15 bits per heavy atom. The van der Waals surface area contributed by atoms with Crippen molar-refractivity contribution in [3.8, 4) is 5.75 Å². The van der Waals surface area contributed by atoms with Gasteiger partial charge in [0.1, 0.15) is 11.4 Å². The summed E-state index contributed by atoms with van der Waals surface area (Å²) in [6.45, 7) is 7.92. The monoisotopic (exact) mass is 480 g/mol. The lowest BCUT2D eigenvalue weighted by Gasteiger charge is -2.21. The number of hydrogen-bond donors (Lipinski definition) is 3. The van der Waals surface area contributed by atoms with E-state index in [9.17, 15) is 23.1 Å². The lowest BCUT2D eigenvalue weighted by Crippen LogP contribution is -2.35. The predicted octanol–water partition coefficient (Wildman–Crippen LogP) is 5.12. The number of aliphatic hydroxyl groups is 1. The number of hydrogen-bond acceptors (Lipinski definition) is 6. The van der Waals surface area contributed by atoms with Crippen LogP contribution in [0.5, 0.6) is 5.75 Å². The van der Waals surface area contributed by atoms with Crippen molar-refractivity contribution in [3.05, 3.63) is 64.2 Å². The summed E-state index contributed by atoms with van der Waals surface area (Å²) in [4.78, 5) is 15.7. The largest absolute Gasteiger partial charge is 0.491 e. The van der Waals surface area contributed by atoms with Crippen LogP contribution in [0.3, 0.4) is 0 Å². The van der Waals surface area contributed by atoms with Gasteiger partial charge in [0.15, 0.2) is 6.10 Å². The summed E-state index contributed by atoms with van der Waals surface area (Å²) in [6.07, 6.45) is -1.46. The first-order valence-corrected chi connectivity index (χ1v) is 10.3. The van der Waals surface area contributed by atoms with E-state index in [1.807, 2.05) is 13.8 Å². The number of nitrogens with one attached hydrogen (secondary N) is 1. The van der Waals surface area contributed by atoms with Crippen molar-refractivity contribution in [2.75, 3.05) is 0 Å². The molecule has 0 spiro atoms. The highest BCUT2D eigenvalue weighted by Gasteiger charge is 2.47. The van der Waals surface area contributed by atoms with Crippen LogP contribution in [0.1, 0.15) is 61.6 Å². The number of nitrogens with zero attached hydrogens (tertiary/aromatic N) is 1. The summed E-state index contributed by atoms with van der Waals surface area (Å²) in [6, 6.07) is 8.23. The number of aryl methyl sites for hydroxylation is 1. The summed E-state index contributed by atoms with van der Waals surface area (Å²) in [5, 5.41) is 30.1. The zero-order valence-corrected chi connectivity index (χ0v) is 19.4. The number of alkyl halides is 3. The van der Waals surface area contributed by atoms with Gasteiger partial charge in [0.05, 0.1) is 12.3 Å². The molecule has 2 aromatic carbocycles. The maximum atomic E-state index is 14.7. The molecule has 10 heteroatoms. The second kappa shape index (κ2) is 10.3. The number of aliphatic hydroxyl groups excluding tert-OH is 1. The number of oxime groups is 1. The maximum Gasteiger partial charge on any atom is 0.377 e. The second-order valence-corrected chi connectivity index (χ2v) is 8.45. The minimum absolute atomic E-state index is 0.168. The molecular weight excluding hydrogens is 453 g/mol. The molecule has 3 N–H and O–H groups in total. The molecule has 1 unspecified atom stereocenters. The van der Waals surface area contributed by atoms with Gasteiger partial charge in [-0.2, -0.15) is 8.78 Å². The number of aliphatic carboxylic acids is 1. The van der Waals surface area contributed by atoms with Gasteiger partial charge in [-0.05, 0) is 69.5 Å². The van der Waals surface area contributed by atoms with Crippen molar-refractivity contribution in [2.45, 2.75) is 58.4 Å². The SMILES string of the molecule is Cc1cc(C(O)C(F)(F)C(=O)O)ccc1/C=N/OC(=N)c1ccc(OC(C)C)c(C(C)(C)F)c1. The summed E-state index contributed by atoms with van der Waals surface area (Å²) in [5.41, 5.74) is -0.660. The van der Waals surface area contributed by atoms with Gasteiger partial charge in [0, 0.05) is 11.1 Å². The number of rotatable bonds is 9. The lowest BCUT2D eigenvalue weighted by atomic mass is 9.96. The number of carbonyl (C=O) groups is 1. The third-order valence-corrected chi connectivity index (χ3v) is 4.82. The quantitative estimate of drug-likeness (QED) is 0.262. The molecule has 0 aromatic heterocycles. The zero-order valence-electron chi connectivity index (χ0n) is 19.4. The van der Waals surface area contributed by atoms with Crippen LogP contribution in [0, 0.1) is 12.3 Å². The molecule has 2 aromatic rings. The summed E-state index contributed by atoms with van der Waals surface area (Å²) < 4.78 is 47.4. The summed E-state index contributed by atoms with van der Waals surface area (Å²) in [7, 11) is 0. The fourth-order valence-electron chi connectivity index (χ4n) is 3.02. The van der Waals surface area contributed by atoms with Crippen molar-refractivity contribution >= 4 is 18.1 Å². The van der Waals surface area contributed by atoms with Crippen LogP contribution >= 0.6 is 0 Å². The third kappa shape index (κ3) is 6.34. The Bertz CT molecular complexity index is 1090. The molecule has 1 atom stereocenters. The fourth-order valence-corrected chi connectivity index (χ4v) is 3.02. The standard InChI is InChI=1S/C24H27F3N2O5/c1-13(2)33-19-9-8-16(11-18(19)23(4,5)25)21(28)34-29-12-17-7-6-15(10-14(17)3)20(30)24(26,27)22(31)32/h6-13,20,28,30H,1-5H3,(H,31,32)/b28-21?,29-12+. The van der Waals surface area contributed by atoms with Crippen molar-refractivity contribution in [1.82, 2.24) is 0 Å². The van der Waals surface area contributed by atoms with E-state index in [4.69, 9.17) is 20.1 Å². The molecule has 0 heterocycles. The molecule has 0 aliphatic heterocycles. The van der Waals surface area contributed by atoms with Gasteiger partial charge in [0.25, 0.3) is 0 Å². The van der Waals surface area contributed by atoms with E-state index in [2.05, 4.69) is 5.16 Å². The number of benzene rings is 2. The van der Waals surface area contributed by atoms with Gasteiger partial charge in [-0.25, -0.2) is 9.18 Å². The van der Waals surface area contributed by atoms with Crippen molar-refractivity contribution < 1.29 is 37.8 Å². The van der Waals surface area contributed by atoms with Gasteiger partial charge < -0.3 is 19.8 Å². The normalized spacial score (nSPS) is 13.2. The van der Waals surface area contributed by atoms with Gasteiger partial charge in [-0.15, -0.1) is 0 Å². The van der Waals surface area contributed by atoms with E-state index in [0.29, 0.717) is 16.9 Å². The van der Waals surface area contributed by atoms with Crippen LogP contribution in [0.4, 0.5) is 13.2 Å². The van der Waals surface area contributed by atoms with E-state index in [1.54, 1.807) is 13.0 Å². The Labute approximate surface area is 195 Å². The van der Waals surface area contributed by atoms with Crippen LogP contribution in [0.2, 0.25) is 0 Å². The predicted molar refractivity (Wildman–Crippen MR) is 121 cm³/mol. The molecule has 34 heavy (non-hydrogen) atoms. The minimum atomic E-state index is -4.34. The van der Waals surface area contributed by atoms with E-state index >= 15 is 0 Å². The Balaban J connectivity index is 2.18. The van der Waals surface area contributed by atoms with Crippen molar-refractivity contribution in [1.29, 1.82) is 5.41 Å². The average Bonchev–Trinajstić information content (AvgIpc) is 2.73. The third-order valence-electron chi connectivity index (χ3n) is 4.82. The van der Waals surface area contributed by atoms with Crippen LogP contribution < -0.4 is 4.74 Å². The smallest absolute Gasteiger partial charge is 0.377 e. The molecule has 0 amide bonds. The topological polar surface area (TPSA) is 112 Å². The number of carboxylic acid groups (broad SMARTS) is 1. The Kier molecular flexibility index (Phi) is 8.09. The number of ether oxygens (including phenoxy) is 1. The van der Waals surface area contributed by atoms with Crippen LogP contribution in [-0.2, 0) is 15.3 Å². The van der Waals surface area contributed by atoms with Crippen LogP contribution in [0.15, 0.2) is 41.6 Å². The highest BCUT2D eigenvalue weighted by Crippen LogP contribution is 2.35. The molecule has 0 bridgehead atoms. The number of halogens is 3. The molecule has 184 valence electrons. The first-order chi connectivity index (χ1) is 15.6. The maximum absolute atomic E-state index is 14.7. The summed E-state index contributed by atoms with van der Waals surface area (Å²) >= 11 is 0. The summed E-state index contributed by atoms with van der Waals surface area (Å²) in [5.74, 6) is -6.78. The van der Waals surface area contributed by atoms with Gasteiger partial charge in [-0.3, -0.25) is 5.41 Å². The first-order valence-electron chi connectivity index (χ1n) is 10.3. The molecule has 0 radical (unpaired) electrons. The highest BCUT2D eigenvalue weighted by atomic mass is 19.3. The lowest BCUT2D eigenvalue weighted by molar-refractivity contribution is -0.182. The number of carboxylic acids is 1. The van der Waals surface area contributed by atoms with Crippen molar-refractivity contribution in [3.63, 3.8) is 0 Å². The molecule has 0 saturated carbocycles. The molecule has 0 aliphatic carbocycles. The van der Waals surface area contributed by atoms with E-state index in [1.165, 1.54) is 44.3 Å². The molecule has 0 saturated heterocycles. The molecule has 0 aliphatic rings. The van der Waals surface area contributed by atoms with Crippen molar-refractivity contribution in [2.24, 2.45) is 5.16 Å². The van der Waals surface area contributed by atoms with Gasteiger partial charge in [0.2, 0.25) is 5.90 Å². The first kappa shape index (κ1) is 26.8. The van der Waals surface area contributed by atoms with Gasteiger partial charge >= 0.3 is 11.9 Å². The van der Waals surface area contributed by atoms with Crippen LogP contribution in [0.25, 0.3) is 0 Å². The average molecular weight is 480 g/mol. The molecular formula is C24H27F3N2O5. The Morgan fingerprint density at radius 3 is 2.32 bits per heavy atom. The van der Waals surface area contributed by atoms with Gasteiger partial charge in [-0.1, -0.05) is 23.4 Å². The Morgan fingerprint density at radius 2 is 1.79 bits per heavy atom. The highest BCUT2D eigenvalue weighted by molar-refractivity contribution is 5.92. The second-order valence-electron chi connectivity index (χ2n) is 8.45. The minimum Gasteiger partial charge on any atom is -0.491 e. The zero-order chi connectivity index (χ0) is 25.8. The van der Waals surface area contributed by atoms with E-state index in [-0.39, 0.29) is 28.7 Å². The van der Waals surface area contributed by atoms with E-state index < -0.39 is 23.7 Å². The fraction of sp³-hybridized carbons (Fsp3) is 0.375. The molecule has 0 fully saturated rings. The molecule has 2 rings (SSSR count). The van der Waals surface area contributed by atoms with Crippen LogP contribution in [-0.4, -0.2) is 40.3 Å². The Hall–Kier alpha value is -3.40.